The molecule has 0 radical (unpaired) electrons. The molecule has 4 nitrogen and oxygen atoms in total. The maximum absolute atomic E-state index is 4.34. The van der Waals surface area contributed by atoms with Crippen LogP contribution < -0.4 is 5.49 Å². The fraction of sp³-hybridized carbons (Fsp3) is 0.0714. The molecule has 4 heteroatoms. The van der Waals surface area contributed by atoms with Gasteiger partial charge in [-0.1, -0.05) is 35.5 Å². The van der Waals surface area contributed by atoms with E-state index in [-0.39, 0.29) is 0 Å². The molecule has 0 spiro atoms. The van der Waals surface area contributed by atoms with Crippen molar-refractivity contribution in [3.05, 3.63) is 60.1 Å². The highest BCUT2D eigenvalue weighted by atomic mass is 15.4. The average Bonchev–Trinajstić information content (AvgIpc) is 2.47. The summed E-state index contributed by atoms with van der Waals surface area (Å²) in [4.78, 5) is 4.34. The van der Waals surface area contributed by atoms with Crippen molar-refractivity contribution in [2.45, 2.75) is 0 Å². The summed E-state index contributed by atoms with van der Waals surface area (Å²) in [6.45, 7) is 0. The molecule has 0 N–H and O–H groups in total. The number of para-hydroxylation sites is 1. The summed E-state index contributed by atoms with van der Waals surface area (Å²) in [5.41, 5.74) is 2.62. The van der Waals surface area contributed by atoms with E-state index in [1.54, 1.807) is 11.7 Å². The first-order valence-electron chi connectivity index (χ1n) is 5.73. The number of hydrogen-bond donors (Lipinski definition) is 0. The molecule has 0 fully saturated rings. The van der Waals surface area contributed by atoms with Crippen LogP contribution in [0.2, 0.25) is 0 Å². The Labute approximate surface area is 104 Å². The Kier molecular flexibility index (Phi) is 2.61. The molecule has 88 valence electrons. The first-order valence-corrected chi connectivity index (χ1v) is 5.73. The number of aromatic nitrogens is 3. The van der Waals surface area contributed by atoms with Gasteiger partial charge in [-0.25, -0.2) is 0 Å². The van der Waals surface area contributed by atoms with Crippen LogP contribution >= 0.6 is 0 Å². The van der Waals surface area contributed by atoms with Crippen molar-refractivity contribution < 1.29 is 0 Å². The molecule has 0 saturated carbocycles. The van der Waals surface area contributed by atoms with Gasteiger partial charge in [0.05, 0.1) is 11.2 Å². The minimum atomic E-state index is 0.812. The molecule has 0 amide bonds. The number of nitrogens with zero attached hydrogens (tertiary/aromatic N) is 4. The van der Waals surface area contributed by atoms with Gasteiger partial charge in [0.15, 0.2) is 5.49 Å². The Bertz CT molecular complexity index is 744. The Morgan fingerprint density at radius 3 is 2.44 bits per heavy atom. The molecule has 0 aliphatic rings. The smallest absolute Gasteiger partial charge is 0.160 e. The van der Waals surface area contributed by atoms with E-state index in [1.807, 2.05) is 54.6 Å². The lowest BCUT2D eigenvalue weighted by atomic mass is 10.2. The van der Waals surface area contributed by atoms with Crippen molar-refractivity contribution in [3.63, 3.8) is 0 Å². The summed E-state index contributed by atoms with van der Waals surface area (Å²) in [6.07, 6.45) is 0. The second-order valence-electron chi connectivity index (χ2n) is 3.90. The third kappa shape index (κ3) is 1.68. The first-order chi connectivity index (χ1) is 8.90. The van der Waals surface area contributed by atoms with Crippen molar-refractivity contribution in [2.75, 3.05) is 7.05 Å². The molecule has 1 heterocycles. The van der Waals surface area contributed by atoms with Gasteiger partial charge in [0.25, 0.3) is 0 Å². The first kappa shape index (κ1) is 10.7. The molecular weight excluding hydrogens is 224 g/mol. The minimum absolute atomic E-state index is 0.812. The summed E-state index contributed by atoms with van der Waals surface area (Å²) >= 11 is 0. The average molecular weight is 236 g/mol. The summed E-state index contributed by atoms with van der Waals surface area (Å²) in [6, 6.07) is 17.8. The van der Waals surface area contributed by atoms with Gasteiger partial charge in [-0.15, -0.1) is 5.10 Å². The van der Waals surface area contributed by atoms with Crippen molar-refractivity contribution in [2.24, 2.45) is 4.99 Å². The van der Waals surface area contributed by atoms with Crippen LogP contribution in [-0.2, 0) is 0 Å². The largest absolute Gasteiger partial charge is 0.269 e. The molecule has 3 rings (SSSR count). The number of fused-ring (bicyclic) bond motifs is 1. The fourth-order valence-electron chi connectivity index (χ4n) is 1.96. The molecule has 18 heavy (non-hydrogen) atoms. The molecule has 0 unspecified atom stereocenters. The maximum Gasteiger partial charge on any atom is 0.160 e. The monoisotopic (exact) mass is 236 g/mol. The van der Waals surface area contributed by atoms with Gasteiger partial charge < -0.3 is 0 Å². The Balaban J connectivity index is 2.39. The summed E-state index contributed by atoms with van der Waals surface area (Å²) in [5.74, 6) is 0. The highest BCUT2D eigenvalue weighted by Crippen LogP contribution is 2.07. The third-order valence-corrected chi connectivity index (χ3v) is 2.80. The predicted octanol–water partition coefficient (Wildman–Crippen LogP) is 1.95. The highest BCUT2D eigenvalue weighted by Gasteiger charge is 2.03. The van der Waals surface area contributed by atoms with Crippen molar-refractivity contribution in [1.29, 1.82) is 0 Å². The molecule has 0 aliphatic heterocycles. The van der Waals surface area contributed by atoms with E-state index >= 15 is 0 Å². The van der Waals surface area contributed by atoms with Crippen LogP contribution in [0, 0.1) is 0 Å². The van der Waals surface area contributed by atoms with Gasteiger partial charge in [0.1, 0.15) is 0 Å². The van der Waals surface area contributed by atoms with E-state index in [2.05, 4.69) is 15.3 Å². The molecule has 0 saturated heterocycles. The van der Waals surface area contributed by atoms with Crippen LogP contribution in [0.3, 0.4) is 0 Å². The van der Waals surface area contributed by atoms with E-state index < -0.39 is 0 Å². The van der Waals surface area contributed by atoms with Crippen LogP contribution in [0.4, 0.5) is 0 Å². The lowest BCUT2D eigenvalue weighted by molar-refractivity contribution is 0.722. The molecule has 0 atom stereocenters. The van der Waals surface area contributed by atoms with Crippen molar-refractivity contribution in [1.82, 2.24) is 15.0 Å². The maximum atomic E-state index is 4.34. The second kappa shape index (κ2) is 4.41. The lowest BCUT2D eigenvalue weighted by Gasteiger charge is -2.06. The zero-order valence-corrected chi connectivity index (χ0v) is 9.99. The van der Waals surface area contributed by atoms with Gasteiger partial charge in [-0.3, -0.25) is 4.99 Å². The normalized spacial score (nSPS) is 11.9. The van der Waals surface area contributed by atoms with Crippen molar-refractivity contribution in [3.8, 4) is 5.69 Å². The van der Waals surface area contributed by atoms with E-state index in [4.69, 9.17) is 0 Å². The Hall–Kier alpha value is -2.49. The predicted molar refractivity (Wildman–Crippen MR) is 70.4 cm³/mol. The molecule has 0 aliphatic carbocycles. The van der Waals surface area contributed by atoms with E-state index in [9.17, 15) is 0 Å². The van der Waals surface area contributed by atoms with Gasteiger partial charge >= 0.3 is 0 Å². The van der Waals surface area contributed by atoms with Crippen LogP contribution in [-0.4, -0.2) is 22.0 Å². The fourth-order valence-corrected chi connectivity index (χ4v) is 1.96. The van der Waals surface area contributed by atoms with E-state index in [0.717, 1.165) is 22.1 Å². The van der Waals surface area contributed by atoms with Crippen LogP contribution in [0.25, 0.3) is 16.6 Å². The number of hydrogen-bond acceptors (Lipinski definition) is 3. The third-order valence-electron chi connectivity index (χ3n) is 2.80. The van der Waals surface area contributed by atoms with Crippen molar-refractivity contribution >= 4 is 10.9 Å². The minimum Gasteiger partial charge on any atom is -0.269 e. The zero-order valence-electron chi connectivity index (χ0n) is 9.99. The number of benzene rings is 2. The standard InChI is InChI=1S/C14H12N4/c1-15-14-12-9-5-6-10-13(12)16-17-18(14)11-7-3-2-4-8-11/h2-10H,1H3. The molecule has 2 aromatic carbocycles. The van der Waals surface area contributed by atoms with Crippen LogP contribution in [0.1, 0.15) is 0 Å². The van der Waals surface area contributed by atoms with Gasteiger partial charge in [-0.2, -0.15) is 4.68 Å². The lowest BCUT2D eigenvalue weighted by Crippen LogP contribution is -2.23. The van der Waals surface area contributed by atoms with E-state index in [1.165, 1.54) is 0 Å². The molecule has 3 aromatic rings. The SMILES string of the molecule is CN=c1c2ccccc2nnn1-c1ccccc1. The highest BCUT2D eigenvalue weighted by molar-refractivity contribution is 5.76. The molecule has 1 aromatic heterocycles. The Morgan fingerprint density at radius 1 is 0.944 bits per heavy atom. The van der Waals surface area contributed by atoms with Gasteiger partial charge in [0, 0.05) is 12.4 Å². The topological polar surface area (TPSA) is 43.1 Å². The van der Waals surface area contributed by atoms with Crippen LogP contribution in [0.15, 0.2) is 59.6 Å². The number of rotatable bonds is 1. The zero-order chi connectivity index (χ0) is 12.4. The summed E-state index contributed by atoms with van der Waals surface area (Å²) in [7, 11) is 1.77. The van der Waals surface area contributed by atoms with Gasteiger partial charge in [-0.05, 0) is 24.3 Å². The quantitative estimate of drug-likeness (QED) is 0.648. The Morgan fingerprint density at radius 2 is 1.67 bits per heavy atom. The summed E-state index contributed by atoms with van der Waals surface area (Å²) in [5, 5.41) is 9.44. The van der Waals surface area contributed by atoms with E-state index in [0.29, 0.717) is 0 Å². The summed E-state index contributed by atoms with van der Waals surface area (Å²) < 4.78 is 1.75. The molecule has 0 bridgehead atoms. The second-order valence-corrected chi connectivity index (χ2v) is 3.90. The molecular formula is C14H12N4. The van der Waals surface area contributed by atoms with Crippen LogP contribution in [0.5, 0.6) is 0 Å². The van der Waals surface area contributed by atoms with Gasteiger partial charge in [0.2, 0.25) is 0 Å².